The predicted octanol–water partition coefficient (Wildman–Crippen LogP) is 2.70. The molecule has 1 aromatic heterocycles. The van der Waals surface area contributed by atoms with Crippen LogP contribution in [-0.4, -0.2) is 9.97 Å². The van der Waals surface area contributed by atoms with Crippen molar-refractivity contribution in [3.63, 3.8) is 0 Å². The topological polar surface area (TPSA) is 75.9 Å². The highest BCUT2D eigenvalue weighted by atomic mass is 19.4. The van der Waals surface area contributed by atoms with Crippen LogP contribution in [0.15, 0.2) is 30.6 Å². The third-order valence-electron chi connectivity index (χ3n) is 2.94. The number of aromatic nitrogens is 2. The summed E-state index contributed by atoms with van der Waals surface area (Å²) in [5.41, 5.74) is 2.94. The van der Waals surface area contributed by atoms with E-state index in [1.807, 2.05) is 0 Å². The van der Waals surface area contributed by atoms with Gasteiger partial charge in [0.15, 0.2) is 0 Å². The van der Waals surface area contributed by atoms with Crippen LogP contribution in [0, 0.1) is 6.92 Å². The van der Waals surface area contributed by atoms with Gasteiger partial charge in [0, 0.05) is 12.1 Å². The highest BCUT2D eigenvalue weighted by Crippen LogP contribution is 2.29. The van der Waals surface area contributed by atoms with Crippen molar-refractivity contribution in [2.75, 3.05) is 10.7 Å². The minimum Gasteiger partial charge on any atom is -0.366 e. The second-order valence-corrected chi connectivity index (χ2v) is 4.39. The predicted molar refractivity (Wildman–Crippen MR) is 73.3 cm³/mol. The van der Waals surface area contributed by atoms with Crippen molar-refractivity contribution < 1.29 is 13.2 Å². The summed E-state index contributed by atoms with van der Waals surface area (Å²) in [6.45, 7) is 1.97. The number of halogens is 3. The maximum atomic E-state index is 12.6. The molecule has 0 amide bonds. The first-order valence-corrected chi connectivity index (χ1v) is 6.10. The molecule has 1 heterocycles. The van der Waals surface area contributed by atoms with E-state index in [0.717, 1.165) is 12.1 Å². The Labute approximate surface area is 119 Å². The van der Waals surface area contributed by atoms with Gasteiger partial charge in [-0.3, -0.25) is 0 Å². The van der Waals surface area contributed by atoms with Gasteiger partial charge in [-0.1, -0.05) is 12.1 Å². The number of nitrogens with two attached hydrogens (primary N) is 1. The summed E-state index contributed by atoms with van der Waals surface area (Å²) in [6.07, 6.45) is -3.03. The number of hydrazine groups is 1. The van der Waals surface area contributed by atoms with Crippen LogP contribution < -0.4 is 16.6 Å². The first-order chi connectivity index (χ1) is 9.91. The minimum absolute atomic E-state index is 0.214. The highest BCUT2D eigenvalue weighted by Gasteiger charge is 2.30. The summed E-state index contributed by atoms with van der Waals surface area (Å²) in [5, 5.41) is 2.97. The first kappa shape index (κ1) is 15.0. The summed E-state index contributed by atoms with van der Waals surface area (Å²) in [7, 11) is 0. The molecule has 21 heavy (non-hydrogen) atoms. The van der Waals surface area contributed by atoms with Crippen LogP contribution in [-0.2, 0) is 12.7 Å². The highest BCUT2D eigenvalue weighted by molar-refractivity contribution is 5.55. The molecule has 0 radical (unpaired) electrons. The molecule has 0 unspecified atom stereocenters. The van der Waals surface area contributed by atoms with Crippen molar-refractivity contribution in [3.8, 4) is 0 Å². The van der Waals surface area contributed by atoms with E-state index >= 15 is 0 Å². The van der Waals surface area contributed by atoms with Gasteiger partial charge in [0.25, 0.3) is 0 Å². The Kier molecular flexibility index (Phi) is 4.27. The molecule has 0 saturated carbocycles. The lowest BCUT2D eigenvalue weighted by Gasteiger charge is -2.12. The molecule has 2 aromatic rings. The van der Waals surface area contributed by atoms with Crippen LogP contribution in [0.25, 0.3) is 0 Å². The van der Waals surface area contributed by atoms with Crippen LogP contribution in [0.2, 0.25) is 0 Å². The quantitative estimate of drug-likeness (QED) is 0.597. The molecule has 0 saturated heterocycles. The molecule has 4 N–H and O–H groups in total. The molecule has 1 aromatic carbocycles. The Bertz CT molecular complexity index is 627. The van der Waals surface area contributed by atoms with Crippen molar-refractivity contribution in [3.05, 3.63) is 47.3 Å². The molecule has 2 rings (SSSR count). The van der Waals surface area contributed by atoms with E-state index in [9.17, 15) is 13.2 Å². The van der Waals surface area contributed by atoms with Crippen LogP contribution in [0.3, 0.4) is 0 Å². The Hall–Kier alpha value is -2.35. The third kappa shape index (κ3) is 3.60. The van der Waals surface area contributed by atoms with Gasteiger partial charge in [0.2, 0.25) is 0 Å². The molecule has 112 valence electrons. The van der Waals surface area contributed by atoms with Crippen molar-refractivity contribution in [2.24, 2.45) is 5.84 Å². The average Bonchev–Trinajstić information content (AvgIpc) is 2.45. The first-order valence-electron chi connectivity index (χ1n) is 6.10. The molecule has 0 bridgehead atoms. The monoisotopic (exact) mass is 297 g/mol. The number of rotatable bonds is 4. The van der Waals surface area contributed by atoms with Gasteiger partial charge in [-0.05, 0) is 24.6 Å². The van der Waals surface area contributed by atoms with E-state index < -0.39 is 11.7 Å². The van der Waals surface area contributed by atoms with E-state index in [1.165, 1.54) is 12.4 Å². The molecule has 0 fully saturated rings. The third-order valence-corrected chi connectivity index (χ3v) is 2.94. The van der Waals surface area contributed by atoms with E-state index in [1.54, 1.807) is 13.0 Å². The van der Waals surface area contributed by atoms with E-state index in [4.69, 9.17) is 5.84 Å². The fraction of sp³-hybridized carbons (Fsp3) is 0.231. The molecule has 0 aliphatic rings. The second kappa shape index (κ2) is 5.96. The zero-order valence-corrected chi connectivity index (χ0v) is 11.2. The van der Waals surface area contributed by atoms with Gasteiger partial charge in [-0.15, -0.1) is 0 Å². The SMILES string of the molecule is Cc1c(NN)ncnc1NCc1cccc(C(F)(F)F)c1. The van der Waals surface area contributed by atoms with Crippen molar-refractivity contribution >= 4 is 11.6 Å². The normalized spacial score (nSPS) is 11.3. The molecular formula is C13H14F3N5. The number of hydrogen-bond donors (Lipinski definition) is 3. The number of hydrogen-bond acceptors (Lipinski definition) is 5. The number of anilines is 2. The second-order valence-electron chi connectivity index (χ2n) is 4.39. The molecule has 0 spiro atoms. The van der Waals surface area contributed by atoms with Gasteiger partial charge >= 0.3 is 6.18 Å². The number of benzene rings is 1. The minimum atomic E-state index is -4.35. The number of nitrogens with zero attached hydrogens (tertiary/aromatic N) is 2. The van der Waals surface area contributed by atoms with Crippen molar-refractivity contribution in [2.45, 2.75) is 19.6 Å². The number of nitrogens with one attached hydrogen (secondary N) is 2. The smallest absolute Gasteiger partial charge is 0.366 e. The van der Waals surface area contributed by atoms with Gasteiger partial charge in [0.05, 0.1) is 5.56 Å². The Balaban J connectivity index is 2.14. The van der Waals surface area contributed by atoms with Crippen molar-refractivity contribution in [1.29, 1.82) is 0 Å². The summed E-state index contributed by atoms with van der Waals surface area (Å²) in [5.74, 6) is 6.27. The summed E-state index contributed by atoms with van der Waals surface area (Å²) in [4.78, 5) is 7.96. The maximum absolute atomic E-state index is 12.6. The summed E-state index contributed by atoms with van der Waals surface area (Å²) >= 11 is 0. The van der Waals surface area contributed by atoms with Crippen LogP contribution in [0.5, 0.6) is 0 Å². The Morgan fingerprint density at radius 2 is 1.90 bits per heavy atom. The molecule has 5 nitrogen and oxygen atoms in total. The Morgan fingerprint density at radius 3 is 2.57 bits per heavy atom. The largest absolute Gasteiger partial charge is 0.416 e. The van der Waals surface area contributed by atoms with E-state index in [-0.39, 0.29) is 6.54 Å². The van der Waals surface area contributed by atoms with E-state index in [0.29, 0.717) is 22.8 Å². The zero-order chi connectivity index (χ0) is 15.5. The summed E-state index contributed by atoms with van der Waals surface area (Å²) in [6, 6.07) is 5.13. The lowest BCUT2D eigenvalue weighted by Crippen LogP contribution is -2.13. The van der Waals surface area contributed by atoms with Gasteiger partial charge in [0.1, 0.15) is 18.0 Å². The number of nitrogen functional groups attached to an aromatic ring is 1. The van der Waals surface area contributed by atoms with Crippen LogP contribution in [0.4, 0.5) is 24.8 Å². The average molecular weight is 297 g/mol. The van der Waals surface area contributed by atoms with Crippen LogP contribution >= 0.6 is 0 Å². The van der Waals surface area contributed by atoms with Gasteiger partial charge < -0.3 is 10.7 Å². The fourth-order valence-electron chi connectivity index (χ4n) is 1.82. The zero-order valence-electron chi connectivity index (χ0n) is 11.2. The Morgan fingerprint density at radius 1 is 1.19 bits per heavy atom. The number of alkyl halides is 3. The van der Waals surface area contributed by atoms with Crippen molar-refractivity contribution in [1.82, 2.24) is 9.97 Å². The summed E-state index contributed by atoms with van der Waals surface area (Å²) < 4.78 is 37.9. The van der Waals surface area contributed by atoms with Gasteiger partial charge in [-0.2, -0.15) is 13.2 Å². The maximum Gasteiger partial charge on any atom is 0.416 e. The standard InChI is InChI=1S/C13H14F3N5/c1-8-11(19-7-20-12(8)21-17)18-6-9-3-2-4-10(5-9)13(14,15)16/h2-5,7H,6,17H2,1H3,(H2,18,19,20,21). The lowest BCUT2D eigenvalue weighted by atomic mass is 10.1. The van der Waals surface area contributed by atoms with Gasteiger partial charge in [-0.25, -0.2) is 15.8 Å². The fourth-order valence-corrected chi connectivity index (χ4v) is 1.82. The lowest BCUT2D eigenvalue weighted by molar-refractivity contribution is -0.137. The molecule has 8 heteroatoms. The van der Waals surface area contributed by atoms with Crippen LogP contribution in [0.1, 0.15) is 16.7 Å². The molecular weight excluding hydrogens is 283 g/mol. The molecule has 0 aliphatic heterocycles. The molecule has 0 atom stereocenters. The molecule has 0 aliphatic carbocycles. The van der Waals surface area contributed by atoms with E-state index in [2.05, 4.69) is 20.7 Å².